The molecular formula is C20H26N2O4S2. The molecule has 1 aliphatic carbocycles. The number of hydrogen-bond acceptors (Lipinski definition) is 6. The number of sulfonamides is 1. The monoisotopic (exact) mass is 422 g/mol. The number of nitrogens with one attached hydrogen (secondary N) is 1. The largest absolute Gasteiger partial charge is 0.459 e. The van der Waals surface area contributed by atoms with Crippen molar-refractivity contribution >= 4 is 32.3 Å². The number of thiophene rings is 1. The van der Waals surface area contributed by atoms with Gasteiger partial charge in [-0.1, -0.05) is 19.8 Å². The molecule has 3 rings (SSSR count). The standard InChI is InChI=1S/C20H26N2O4S2/c1-2-3-13-28(24,25)22-19-18(20(23)26-16-7-5-4-6-8-16)17(14-27-19)15-9-11-21-12-10-15/h9-12,14,16,22H,2-8,13H2,1H3. The molecule has 2 aromatic rings. The number of unbranched alkanes of at least 4 members (excludes halogenated alkanes) is 1. The normalized spacial score (nSPS) is 15.3. The van der Waals surface area contributed by atoms with Gasteiger partial charge in [0.1, 0.15) is 16.7 Å². The average Bonchev–Trinajstić information content (AvgIpc) is 3.11. The molecule has 152 valence electrons. The van der Waals surface area contributed by atoms with Crippen molar-refractivity contribution in [2.45, 2.75) is 58.0 Å². The maximum absolute atomic E-state index is 13.0. The summed E-state index contributed by atoms with van der Waals surface area (Å²) in [5, 5.41) is 2.12. The van der Waals surface area contributed by atoms with Crippen LogP contribution in [0.15, 0.2) is 29.9 Å². The zero-order chi connectivity index (χ0) is 20.0. The summed E-state index contributed by atoms with van der Waals surface area (Å²) in [5.74, 6) is -0.434. The summed E-state index contributed by atoms with van der Waals surface area (Å²) in [7, 11) is -3.51. The van der Waals surface area contributed by atoms with E-state index in [0.29, 0.717) is 22.5 Å². The molecule has 1 aliphatic rings. The second kappa shape index (κ2) is 9.52. The number of carbonyl (C=O) groups is 1. The van der Waals surface area contributed by atoms with Gasteiger partial charge in [-0.15, -0.1) is 11.3 Å². The van der Waals surface area contributed by atoms with E-state index in [9.17, 15) is 13.2 Å². The highest BCUT2D eigenvalue weighted by Crippen LogP contribution is 2.37. The highest BCUT2D eigenvalue weighted by atomic mass is 32.2. The first-order valence-electron chi connectivity index (χ1n) is 9.73. The Morgan fingerprint density at radius 1 is 1.25 bits per heavy atom. The minimum atomic E-state index is -3.51. The van der Waals surface area contributed by atoms with Crippen molar-refractivity contribution in [1.82, 2.24) is 4.98 Å². The first kappa shape index (κ1) is 20.8. The van der Waals surface area contributed by atoms with Crippen molar-refractivity contribution in [3.05, 3.63) is 35.5 Å². The molecule has 1 saturated carbocycles. The minimum Gasteiger partial charge on any atom is -0.459 e. The van der Waals surface area contributed by atoms with Crippen LogP contribution in [0.3, 0.4) is 0 Å². The number of nitrogens with zero attached hydrogens (tertiary/aromatic N) is 1. The summed E-state index contributed by atoms with van der Waals surface area (Å²) in [4.78, 5) is 17.0. The topological polar surface area (TPSA) is 85.4 Å². The Hall–Kier alpha value is -1.93. The van der Waals surface area contributed by atoms with Crippen LogP contribution in [0.25, 0.3) is 11.1 Å². The summed E-state index contributed by atoms with van der Waals surface area (Å²) < 4.78 is 33.2. The van der Waals surface area contributed by atoms with Crippen LogP contribution in [0.4, 0.5) is 5.00 Å². The summed E-state index contributed by atoms with van der Waals surface area (Å²) in [6, 6.07) is 3.60. The van der Waals surface area contributed by atoms with Crippen molar-refractivity contribution in [2.24, 2.45) is 0 Å². The fourth-order valence-electron chi connectivity index (χ4n) is 3.30. The summed E-state index contributed by atoms with van der Waals surface area (Å²) >= 11 is 1.21. The van der Waals surface area contributed by atoms with Gasteiger partial charge >= 0.3 is 5.97 Å². The number of anilines is 1. The number of esters is 1. The van der Waals surface area contributed by atoms with Crippen LogP contribution >= 0.6 is 11.3 Å². The second-order valence-electron chi connectivity index (χ2n) is 7.03. The van der Waals surface area contributed by atoms with E-state index < -0.39 is 16.0 Å². The van der Waals surface area contributed by atoms with Crippen LogP contribution in [0.2, 0.25) is 0 Å². The van der Waals surface area contributed by atoms with Gasteiger partial charge < -0.3 is 4.74 Å². The summed E-state index contributed by atoms with van der Waals surface area (Å²) in [5.41, 5.74) is 1.77. The Bertz CT molecular complexity index is 888. The zero-order valence-corrected chi connectivity index (χ0v) is 17.7. The molecule has 2 aromatic heterocycles. The van der Waals surface area contributed by atoms with Gasteiger partial charge in [0.25, 0.3) is 0 Å². The van der Waals surface area contributed by atoms with E-state index in [4.69, 9.17) is 4.74 Å². The lowest BCUT2D eigenvalue weighted by atomic mass is 9.97. The lowest BCUT2D eigenvalue weighted by molar-refractivity contribution is 0.0214. The van der Waals surface area contributed by atoms with Crippen molar-refractivity contribution < 1.29 is 17.9 Å². The molecule has 1 N–H and O–H groups in total. The molecule has 0 unspecified atom stereocenters. The lowest BCUT2D eigenvalue weighted by Gasteiger charge is -2.22. The number of pyridine rings is 1. The number of rotatable bonds is 8. The van der Waals surface area contributed by atoms with Gasteiger partial charge in [-0.05, 0) is 49.8 Å². The van der Waals surface area contributed by atoms with Crippen molar-refractivity contribution in [3.8, 4) is 11.1 Å². The van der Waals surface area contributed by atoms with Gasteiger partial charge in [0.15, 0.2) is 0 Å². The van der Waals surface area contributed by atoms with Gasteiger partial charge in [0, 0.05) is 23.3 Å². The van der Waals surface area contributed by atoms with E-state index >= 15 is 0 Å². The molecule has 8 heteroatoms. The highest BCUT2D eigenvalue weighted by molar-refractivity contribution is 7.92. The minimum absolute atomic E-state index is 0.0309. The Morgan fingerprint density at radius 2 is 1.96 bits per heavy atom. The Morgan fingerprint density at radius 3 is 2.64 bits per heavy atom. The molecule has 0 radical (unpaired) electrons. The Kier molecular flexibility index (Phi) is 7.07. The third-order valence-electron chi connectivity index (χ3n) is 4.83. The van der Waals surface area contributed by atoms with Crippen LogP contribution in [-0.4, -0.2) is 31.2 Å². The van der Waals surface area contributed by atoms with E-state index in [1.807, 2.05) is 6.92 Å². The van der Waals surface area contributed by atoms with Crippen LogP contribution in [-0.2, 0) is 14.8 Å². The first-order chi connectivity index (χ1) is 13.5. The van der Waals surface area contributed by atoms with Gasteiger partial charge in [-0.2, -0.15) is 0 Å². The predicted molar refractivity (Wildman–Crippen MR) is 112 cm³/mol. The molecule has 6 nitrogen and oxygen atoms in total. The van der Waals surface area contributed by atoms with Gasteiger partial charge in [0.05, 0.1) is 5.75 Å². The fraction of sp³-hybridized carbons (Fsp3) is 0.500. The molecular weight excluding hydrogens is 396 g/mol. The third kappa shape index (κ3) is 5.32. The van der Waals surface area contributed by atoms with E-state index in [1.54, 1.807) is 29.9 Å². The van der Waals surface area contributed by atoms with E-state index in [1.165, 1.54) is 11.3 Å². The molecule has 1 fully saturated rings. The number of aromatic nitrogens is 1. The SMILES string of the molecule is CCCCS(=O)(=O)Nc1scc(-c2ccncc2)c1C(=O)OC1CCCCC1. The molecule has 28 heavy (non-hydrogen) atoms. The third-order valence-corrected chi connectivity index (χ3v) is 7.19. The smallest absolute Gasteiger partial charge is 0.342 e. The fourth-order valence-corrected chi connectivity index (χ4v) is 5.83. The van der Waals surface area contributed by atoms with Crippen LogP contribution < -0.4 is 4.72 Å². The number of hydrogen-bond donors (Lipinski definition) is 1. The van der Waals surface area contributed by atoms with Crippen LogP contribution in [0.5, 0.6) is 0 Å². The molecule has 0 amide bonds. The maximum Gasteiger partial charge on any atom is 0.342 e. The lowest BCUT2D eigenvalue weighted by Crippen LogP contribution is -2.22. The Labute approximate surface area is 170 Å². The van der Waals surface area contributed by atoms with E-state index in [0.717, 1.165) is 44.1 Å². The van der Waals surface area contributed by atoms with Crippen molar-refractivity contribution in [3.63, 3.8) is 0 Å². The summed E-state index contributed by atoms with van der Waals surface area (Å²) in [6.45, 7) is 1.94. The van der Waals surface area contributed by atoms with E-state index in [-0.39, 0.29) is 11.9 Å². The molecule has 0 aliphatic heterocycles. The van der Waals surface area contributed by atoms with Crippen LogP contribution in [0, 0.1) is 0 Å². The van der Waals surface area contributed by atoms with Crippen LogP contribution in [0.1, 0.15) is 62.2 Å². The second-order valence-corrected chi connectivity index (χ2v) is 9.75. The van der Waals surface area contributed by atoms with Gasteiger partial charge in [-0.25, -0.2) is 13.2 Å². The maximum atomic E-state index is 13.0. The van der Waals surface area contributed by atoms with Gasteiger partial charge in [-0.3, -0.25) is 9.71 Å². The van der Waals surface area contributed by atoms with E-state index in [2.05, 4.69) is 9.71 Å². The van der Waals surface area contributed by atoms with Crippen molar-refractivity contribution in [1.29, 1.82) is 0 Å². The molecule has 2 heterocycles. The molecule has 0 spiro atoms. The molecule has 0 bridgehead atoms. The van der Waals surface area contributed by atoms with Gasteiger partial charge in [0.2, 0.25) is 10.0 Å². The average molecular weight is 423 g/mol. The van der Waals surface area contributed by atoms with Crippen molar-refractivity contribution in [2.75, 3.05) is 10.5 Å². The summed E-state index contributed by atoms with van der Waals surface area (Å²) in [6.07, 6.45) is 9.53. The molecule has 0 atom stereocenters. The Balaban J connectivity index is 1.91. The number of ether oxygens (including phenoxy) is 1. The predicted octanol–water partition coefficient (Wildman–Crippen LogP) is 4.84. The quantitative estimate of drug-likeness (QED) is 0.615. The zero-order valence-electron chi connectivity index (χ0n) is 16.0. The number of carbonyl (C=O) groups excluding carboxylic acids is 1. The molecule has 0 aromatic carbocycles. The highest BCUT2D eigenvalue weighted by Gasteiger charge is 2.27. The molecule has 0 saturated heterocycles. The first-order valence-corrected chi connectivity index (χ1v) is 12.3.